The zero-order valence-corrected chi connectivity index (χ0v) is 16.6. The highest BCUT2D eigenvalue weighted by molar-refractivity contribution is 7.92. The molecule has 2 aromatic carbocycles. The van der Waals surface area contributed by atoms with Crippen molar-refractivity contribution in [1.29, 1.82) is 0 Å². The fourth-order valence-electron chi connectivity index (χ4n) is 2.70. The van der Waals surface area contributed by atoms with Crippen LogP contribution in [0.1, 0.15) is 12.5 Å². The smallest absolute Gasteiger partial charge is 0.235 e. The molecule has 0 saturated heterocycles. The van der Waals surface area contributed by atoms with E-state index in [0.29, 0.717) is 22.9 Å². The van der Waals surface area contributed by atoms with E-state index in [1.165, 1.54) is 4.31 Å². The van der Waals surface area contributed by atoms with Gasteiger partial charge >= 0.3 is 0 Å². The summed E-state index contributed by atoms with van der Waals surface area (Å²) in [5.74, 6) is 1.66. The zero-order valence-electron chi connectivity index (χ0n) is 15.8. The van der Waals surface area contributed by atoms with Crippen LogP contribution in [0.4, 0.5) is 5.69 Å². The molecule has 0 spiro atoms. The van der Waals surface area contributed by atoms with Crippen LogP contribution < -0.4 is 13.8 Å². The topological polar surface area (TPSA) is 68.7 Å². The molecule has 1 aromatic heterocycles. The molecule has 28 heavy (non-hydrogen) atoms. The third-order valence-corrected chi connectivity index (χ3v) is 5.89. The molecular weight excluding hydrogens is 376 g/mol. The van der Waals surface area contributed by atoms with Crippen LogP contribution in [0.25, 0.3) is 0 Å². The third-order valence-electron chi connectivity index (χ3n) is 4.15. The van der Waals surface area contributed by atoms with Crippen LogP contribution in [0.15, 0.2) is 73.1 Å². The number of methoxy groups -OCH3 is 1. The van der Waals surface area contributed by atoms with Gasteiger partial charge in [-0.25, -0.2) is 8.42 Å². The van der Waals surface area contributed by atoms with Gasteiger partial charge in [0.2, 0.25) is 10.0 Å². The normalized spacial score (nSPS) is 11.1. The van der Waals surface area contributed by atoms with Crippen LogP contribution in [0.5, 0.6) is 17.2 Å². The lowest BCUT2D eigenvalue weighted by atomic mass is 10.2. The van der Waals surface area contributed by atoms with E-state index in [0.717, 1.165) is 5.56 Å². The molecule has 0 bridgehead atoms. The number of benzene rings is 2. The minimum atomic E-state index is -3.49. The maximum atomic E-state index is 12.7. The monoisotopic (exact) mass is 398 g/mol. The lowest BCUT2D eigenvalue weighted by Gasteiger charge is -2.24. The molecular formula is C21H22N2O4S. The quantitative estimate of drug-likeness (QED) is 0.568. The molecule has 7 heteroatoms. The molecule has 0 amide bonds. The van der Waals surface area contributed by atoms with Crippen molar-refractivity contribution in [3.8, 4) is 17.2 Å². The molecule has 0 saturated carbocycles. The number of nitrogens with zero attached hydrogens (tertiary/aromatic N) is 2. The molecule has 6 nitrogen and oxygen atoms in total. The summed E-state index contributed by atoms with van der Waals surface area (Å²) in [6.07, 6.45) is 3.32. The second-order valence-electron chi connectivity index (χ2n) is 6.02. The molecule has 0 unspecified atom stereocenters. The Labute approximate surface area is 165 Å². The van der Waals surface area contributed by atoms with Gasteiger partial charge in [-0.05, 0) is 42.8 Å². The van der Waals surface area contributed by atoms with Crippen molar-refractivity contribution in [3.63, 3.8) is 0 Å². The van der Waals surface area contributed by atoms with Gasteiger partial charge in [-0.1, -0.05) is 24.3 Å². The van der Waals surface area contributed by atoms with Crippen LogP contribution in [-0.4, -0.2) is 26.3 Å². The van der Waals surface area contributed by atoms with Crippen molar-refractivity contribution in [1.82, 2.24) is 4.98 Å². The zero-order chi connectivity index (χ0) is 20.0. The largest absolute Gasteiger partial charge is 0.493 e. The first-order chi connectivity index (χ1) is 13.5. The van der Waals surface area contributed by atoms with Crippen molar-refractivity contribution in [2.24, 2.45) is 0 Å². The summed E-state index contributed by atoms with van der Waals surface area (Å²) in [4.78, 5) is 4.07. The number of para-hydroxylation sites is 2. The Hall–Kier alpha value is -3.06. The molecule has 146 valence electrons. The van der Waals surface area contributed by atoms with Crippen molar-refractivity contribution < 1.29 is 17.9 Å². The molecule has 0 aliphatic rings. The van der Waals surface area contributed by atoms with Gasteiger partial charge in [0.05, 0.1) is 25.1 Å². The molecule has 1 heterocycles. The highest BCUT2D eigenvalue weighted by atomic mass is 32.2. The Morgan fingerprint density at radius 2 is 1.79 bits per heavy atom. The Morgan fingerprint density at radius 1 is 1.00 bits per heavy atom. The van der Waals surface area contributed by atoms with E-state index in [-0.39, 0.29) is 12.3 Å². The van der Waals surface area contributed by atoms with E-state index < -0.39 is 10.0 Å². The summed E-state index contributed by atoms with van der Waals surface area (Å²) >= 11 is 0. The highest BCUT2D eigenvalue weighted by Gasteiger charge is 2.21. The van der Waals surface area contributed by atoms with Gasteiger partial charge < -0.3 is 9.47 Å². The summed E-state index contributed by atoms with van der Waals surface area (Å²) < 4.78 is 38.0. The van der Waals surface area contributed by atoms with Crippen LogP contribution >= 0.6 is 0 Å². The molecule has 0 atom stereocenters. The van der Waals surface area contributed by atoms with E-state index >= 15 is 0 Å². The van der Waals surface area contributed by atoms with E-state index in [1.54, 1.807) is 68.9 Å². The maximum absolute atomic E-state index is 12.7. The molecule has 3 aromatic rings. The fraction of sp³-hybridized carbons (Fsp3) is 0.190. The van der Waals surface area contributed by atoms with Crippen molar-refractivity contribution in [3.05, 3.63) is 78.6 Å². The molecule has 0 aliphatic carbocycles. The Kier molecular flexibility index (Phi) is 6.16. The molecule has 0 radical (unpaired) electrons. The predicted molar refractivity (Wildman–Crippen MR) is 109 cm³/mol. The number of pyridine rings is 1. The fourth-order valence-corrected chi connectivity index (χ4v) is 3.79. The van der Waals surface area contributed by atoms with Crippen LogP contribution in [0.3, 0.4) is 0 Å². The number of rotatable bonds is 8. The first-order valence-corrected chi connectivity index (χ1v) is 10.4. The molecule has 0 N–H and O–H groups in total. The predicted octanol–water partition coefficient (Wildman–Crippen LogP) is 4.24. The number of sulfonamides is 1. The maximum Gasteiger partial charge on any atom is 0.235 e. The first-order valence-electron chi connectivity index (χ1n) is 8.83. The number of anilines is 1. The van der Waals surface area contributed by atoms with E-state index in [1.807, 2.05) is 18.2 Å². The second kappa shape index (κ2) is 8.75. The second-order valence-corrected chi connectivity index (χ2v) is 8.20. The van der Waals surface area contributed by atoms with Gasteiger partial charge in [0.15, 0.2) is 11.5 Å². The minimum absolute atomic E-state index is 0.00907. The van der Waals surface area contributed by atoms with Gasteiger partial charge in [0.1, 0.15) is 5.75 Å². The number of aromatic nitrogens is 1. The van der Waals surface area contributed by atoms with Crippen molar-refractivity contribution >= 4 is 15.7 Å². The molecule has 0 aliphatic heterocycles. The average Bonchev–Trinajstić information content (AvgIpc) is 2.73. The minimum Gasteiger partial charge on any atom is -0.493 e. The first kappa shape index (κ1) is 19.7. The summed E-state index contributed by atoms with van der Waals surface area (Å²) in [5.41, 5.74) is 1.33. The number of hydrogen-bond acceptors (Lipinski definition) is 5. The molecule has 3 rings (SSSR count). The van der Waals surface area contributed by atoms with E-state index in [9.17, 15) is 8.42 Å². The SMILES string of the molecule is CCS(=O)(=O)N(Cc1cccnc1)c1cccc(Oc2ccccc2OC)c1. The summed E-state index contributed by atoms with van der Waals surface area (Å²) in [6, 6.07) is 17.9. The number of ether oxygens (including phenoxy) is 2. The Balaban J connectivity index is 1.94. The lowest BCUT2D eigenvalue weighted by molar-refractivity contribution is 0.379. The van der Waals surface area contributed by atoms with Gasteiger partial charge in [0, 0.05) is 18.5 Å². The van der Waals surface area contributed by atoms with Gasteiger partial charge in [-0.2, -0.15) is 0 Å². The van der Waals surface area contributed by atoms with Crippen LogP contribution in [0, 0.1) is 0 Å². The van der Waals surface area contributed by atoms with Gasteiger partial charge in [0.25, 0.3) is 0 Å². The third kappa shape index (κ3) is 4.61. The Morgan fingerprint density at radius 3 is 2.46 bits per heavy atom. The van der Waals surface area contributed by atoms with Crippen molar-refractivity contribution in [2.75, 3.05) is 17.2 Å². The van der Waals surface area contributed by atoms with Crippen molar-refractivity contribution in [2.45, 2.75) is 13.5 Å². The highest BCUT2D eigenvalue weighted by Crippen LogP contribution is 2.33. The summed E-state index contributed by atoms with van der Waals surface area (Å²) in [6.45, 7) is 1.82. The van der Waals surface area contributed by atoms with Crippen LogP contribution in [-0.2, 0) is 16.6 Å². The Bertz CT molecular complexity index is 1020. The van der Waals surface area contributed by atoms with Gasteiger partial charge in [-0.15, -0.1) is 0 Å². The summed E-state index contributed by atoms with van der Waals surface area (Å²) in [5, 5.41) is 0. The van der Waals surface area contributed by atoms with E-state index in [4.69, 9.17) is 9.47 Å². The number of hydrogen-bond donors (Lipinski definition) is 0. The molecule has 0 fully saturated rings. The average molecular weight is 398 g/mol. The van der Waals surface area contributed by atoms with Crippen LogP contribution in [0.2, 0.25) is 0 Å². The van der Waals surface area contributed by atoms with E-state index in [2.05, 4.69) is 4.98 Å². The lowest BCUT2D eigenvalue weighted by Crippen LogP contribution is -2.31. The summed E-state index contributed by atoms with van der Waals surface area (Å²) in [7, 11) is -1.92. The standard InChI is InChI=1S/C21H22N2O4S/c1-3-28(24,25)23(16-17-8-7-13-22-15-17)18-9-6-10-19(14-18)27-21-12-5-4-11-20(21)26-2/h4-15H,3,16H2,1-2H3. The van der Waals surface area contributed by atoms with Gasteiger partial charge in [-0.3, -0.25) is 9.29 Å².